The van der Waals surface area contributed by atoms with E-state index < -0.39 is 0 Å². The molecule has 0 spiro atoms. The zero-order chi connectivity index (χ0) is 26.1. The lowest BCUT2D eigenvalue weighted by molar-refractivity contribution is 0.279. The van der Waals surface area contributed by atoms with Gasteiger partial charge in [0.25, 0.3) is 0 Å². The van der Waals surface area contributed by atoms with E-state index in [2.05, 4.69) is 70.8 Å². The molecule has 0 unspecified atom stereocenters. The fourth-order valence-electron chi connectivity index (χ4n) is 3.39. The SMILES string of the molecule is CC.CC.CC.CC(C)C1CCCCC1.CC(C)c1ccccc1.CC(C)c1ccncc1. The summed E-state index contributed by atoms with van der Waals surface area (Å²) in [6.45, 7) is 25.5. The second-order valence-electron chi connectivity index (χ2n) is 8.64. The molecule has 1 nitrogen and oxygen atoms in total. The van der Waals surface area contributed by atoms with Crippen LogP contribution < -0.4 is 0 Å². The highest BCUT2D eigenvalue weighted by Gasteiger charge is 2.15. The predicted molar refractivity (Wildman–Crippen MR) is 154 cm³/mol. The maximum absolute atomic E-state index is 3.93. The molecule has 1 aliphatic rings. The van der Waals surface area contributed by atoms with E-state index in [1.807, 2.05) is 72.1 Å². The van der Waals surface area contributed by atoms with E-state index in [0.717, 1.165) is 11.8 Å². The molecule has 3 rings (SSSR count). The van der Waals surface area contributed by atoms with Gasteiger partial charge in [-0.05, 0) is 46.9 Å². The monoisotopic (exact) mass is 457 g/mol. The van der Waals surface area contributed by atoms with Crippen molar-refractivity contribution in [1.29, 1.82) is 0 Å². The summed E-state index contributed by atoms with van der Waals surface area (Å²) >= 11 is 0. The van der Waals surface area contributed by atoms with Gasteiger partial charge in [0.1, 0.15) is 0 Å². The van der Waals surface area contributed by atoms with Crippen molar-refractivity contribution in [2.24, 2.45) is 11.8 Å². The lowest BCUT2D eigenvalue weighted by atomic mass is 9.82. The largest absolute Gasteiger partial charge is 0.265 e. The Morgan fingerprint density at radius 2 is 0.970 bits per heavy atom. The van der Waals surface area contributed by atoms with Gasteiger partial charge in [-0.25, -0.2) is 0 Å². The molecule has 1 heteroatoms. The Kier molecular flexibility index (Phi) is 29.0. The van der Waals surface area contributed by atoms with Gasteiger partial charge in [0, 0.05) is 12.4 Å². The highest BCUT2D eigenvalue weighted by atomic mass is 14.6. The van der Waals surface area contributed by atoms with Crippen molar-refractivity contribution in [3.05, 3.63) is 66.0 Å². The van der Waals surface area contributed by atoms with Crippen molar-refractivity contribution in [2.75, 3.05) is 0 Å². The Morgan fingerprint density at radius 3 is 1.24 bits per heavy atom. The van der Waals surface area contributed by atoms with Crippen LogP contribution in [0.25, 0.3) is 0 Å². The Bertz CT molecular complexity index is 522. The molecule has 0 amide bonds. The summed E-state index contributed by atoms with van der Waals surface area (Å²) in [6, 6.07) is 14.6. The number of pyridine rings is 1. The van der Waals surface area contributed by atoms with Crippen LogP contribution in [0.15, 0.2) is 54.9 Å². The summed E-state index contributed by atoms with van der Waals surface area (Å²) in [5.41, 5.74) is 2.77. The van der Waals surface area contributed by atoms with Crippen molar-refractivity contribution in [3.63, 3.8) is 0 Å². The molecular formula is C32H59N. The Labute approximate surface area is 209 Å². The first-order valence-corrected chi connectivity index (χ1v) is 13.9. The summed E-state index contributed by atoms with van der Waals surface area (Å²) in [4.78, 5) is 3.93. The van der Waals surface area contributed by atoms with Crippen LogP contribution in [0.4, 0.5) is 0 Å². The van der Waals surface area contributed by atoms with Crippen molar-refractivity contribution in [3.8, 4) is 0 Å². The third-order valence-corrected chi connectivity index (χ3v) is 5.43. The minimum absolute atomic E-state index is 0.619. The van der Waals surface area contributed by atoms with Crippen molar-refractivity contribution in [1.82, 2.24) is 4.98 Å². The van der Waals surface area contributed by atoms with Crippen LogP contribution >= 0.6 is 0 Å². The van der Waals surface area contributed by atoms with Gasteiger partial charge in [-0.1, -0.05) is 146 Å². The lowest BCUT2D eigenvalue weighted by Gasteiger charge is -2.24. The van der Waals surface area contributed by atoms with Crippen molar-refractivity contribution >= 4 is 0 Å². The molecule has 1 aromatic heterocycles. The minimum atomic E-state index is 0.619. The van der Waals surface area contributed by atoms with Crippen LogP contribution in [0.3, 0.4) is 0 Å². The smallest absolute Gasteiger partial charge is 0.0270 e. The first kappa shape index (κ1) is 35.9. The molecule has 0 atom stereocenters. The summed E-state index contributed by atoms with van der Waals surface area (Å²) < 4.78 is 0. The normalized spacial score (nSPS) is 12.3. The molecule has 0 aliphatic heterocycles. The fraction of sp³-hybridized carbons (Fsp3) is 0.656. The van der Waals surface area contributed by atoms with Crippen LogP contribution in [0.1, 0.15) is 138 Å². The number of nitrogens with zero attached hydrogens (tertiary/aromatic N) is 1. The van der Waals surface area contributed by atoms with Crippen LogP contribution in [-0.4, -0.2) is 4.98 Å². The fourth-order valence-corrected chi connectivity index (χ4v) is 3.39. The van der Waals surface area contributed by atoms with Gasteiger partial charge in [0.2, 0.25) is 0 Å². The summed E-state index contributed by atoms with van der Waals surface area (Å²) in [7, 11) is 0. The van der Waals surface area contributed by atoms with E-state index in [-0.39, 0.29) is 0 Å². The van der Waals surface area contributed by atoms with E-state index >= 15 is 0 Å². The van der Waals surface area contributed by atoms with Gasteiger partial charge in [-0.2, -0.15) is 0 Å². The molecule has 0 radical (unpaired) electrons. The second-order valence-corrected chi connectivity index (χ2v) is 8.64. The molecule has 1 saturated carbocycles. The highest BCUT2D eigenvalue weighted by molar-refractivity contribution is 5.17. The van der Waals surface area contributed by atoms with E-state index in [9.17, 15) is 0 Å². The van der Waals surface area contributed by atoms with Crippen LogP contribution in [0, 0.1) is 11.8 Å². The van der Waals surface area contributed by atoms with Crippen LogP contribution in [0.5, 0.6) is 0 Å². The average molecular weight is 458 g/mol. The van der Waals surface area contributed by atoms with Crippen LogP contribution in [-0.2, 0) is 0 Å². The molecule has 0 saturated heterocycles. The van der Waals surface area contributed by atoms with E-state index in [1.54, 1.807) is 0 Å². The molecule has 0 bridgehead atoms. The molecule has 1 aromatic carbocycles. The molecule has 1 heterocycles. The van der Waals surface area contributed by atoms with E-state index in [0.29, 0.717) is 11.8 Å². The summed E-state index contributed by atoms with van der Waals surface area (Å²) in [5, 5.41) is 0. The maximum atomic E-state index is 3.93. The van der Waals surface area contributed by atoms with Gasteiger partial charge in [-0.3, -0.25) is 4.98 Å². The van der Waals surface area contributed by atoms with E-state index in [4.69, 9.17) is 0 Å². The average Bonchev–Trinajstić information content (AvgIpc) is 2.90. The predicted octanol–water partition coefficient (Wildman–Crippen LogP) is 11.3. The van der Waals surface area contributed by atoms with Crippen molar-refractivity contribution < 1.29 is 0 Å². The number of hydrogen-bond acceptors (Lipinski definition) is 1. The topological polar surface area (TPSA) is 12.9 Å². The van der Waals surface area contributed by atoms with Gasteiger partial charge in [0.15, 0.2) is 0 Å². The first-order valence-electron chi connectivity index (χ1n) is 13.9. The lowest BCUT2D eigenvalue weighted by Crippen LogP contribution is -2.12. The van der Waals surface area contributed by atoms with Gasteiger partial charge in [-0.15, -0.1) is 0 Å². The minimum Gasteiger partial charge on any atom is -0.265 e. The Morgan fingerprint density at radius 1 is 0.576 bits per heavy atom. The second kappa shape index (κ2) is 26.6. The zero-order valence-corrected chi connectivity index (χ0v) is 24.5. The molecule has 192 valence electrons. The van der Waals surface area contributed by atoms with Crippen molar-refractivity contribution in [2.45, 2.75) is 127 Å². The van der Waals surface area contributed by atoms with Crippen LogP contribution in [0.2, 0.25) is 0 Å². The molecule has 1 aliphatic carbocycles. The molecule has 1 fully saturated rings. The number of aromatic nitrogens is 1. The Balaban J connectivity index is -0.000000367. The first-order chi connectivity index (χ1) is 15.9. The molecule has 33 heavy (non-hydrogen) atoms. The summed E-state index contributed by atoms with van der Waals surface area (Å²) in [5.74, 6) is 3.27. The highest BCUT2D eigenvalue weighted by Crippen LogP contribution is 2.29. The number of hydrogen-bond donors (Lipinski definition) is 0. The van der Waals surface area contributed by atoms with E-state index in [1.165, 1.54) is 43.2 Å². The third kappa shape index (κ3) is 20.7. The standard InChI is InChI=1S/C9H18.C9H12.C8H11N.3C2H6/c2*1-8(2)9-6-4-3-5-7-9;1-7(2)8-3-5-9-6-4-8;3*1-2/h8-9H,3-7H2,1-2H3;3-8H,1-2H3;3-7H,1-2H3;3*1-2H3. The quantitative estimate of drug-likeness (QED) is 0.446. The molecule has 2 aromatic rings. The zero-order valence-electron chi connectivity index (χ0n) is 24.5. The van der Waals surface area contributed by atoms with Gasteiger partial charge >= 0.3 is 0 Å². The van der Waals surface area contributed by atoms with Gasteiger partial charge < -0.3 is 0 Å². The van der Waals surface area contributed by atoms with Gasteiger partial charge in [0.05, 0.1) is 0 Å². The summed E-state index contributed by atoms with van der Waals surface area (Å²) in [6.07, 6.45) is 11.1. The number of benzene rings is 1. The number of rotatable bonds is 3. The Hall–Kier alpha value is -1.63. The molecule has 0 N–H and O–H groups in total. The third-order valence-electron chi connectivity index (χ3n) is 5.43. The molecular weight excluding hydrogens is 398 g/mol. The maximum Gasteiger partial charge on any atom is 0.0270 e.